The van der Waals surface area contributed by atoms with E-state index in [9.17, 15) is 4.79 Å². The van der Waals surface area contributed by atoms with Crippen molar-refractivity contribution in [1.29, 1.82) is 0 Å². The van der Waals surface area contributed by atoms with Gasteiger partial charge in [0.2, 0.25) is 0 Å². The molecule has 0 atom stereocenters. The van der Waals surface area contributed by atoms with E-state index in [1.165, 1.54) is 38.5 Å². The highest BCUT2D eigenvalue weighted by atomic mass is 16.1. The fourth-order valence-electron chi connectivity index (χ4n) is 5.32. The number of carbonyl (C=O) groups excluding carboxylic acids is 1. The zero-order valence-electron chi connectivity index (χ0n) is 12.0. The fourth-order valence-corrected chi connectivity index (χ4v) is 5.32. The summed E-state index contributed by atoms with van der Waals surface area (Å²) >= 11 is 0. The predicted molar refractivity (Wildman–Crippen MR) is 79.7 cm³/mol. The van der Waals surface area contributed by atoms with Gasteiger partial charge in [-0.15, -0.1) is 0 Å². The first-order valence-corrected chi connectivity index (χ1v) is 8.06. The number of benzene rings is 1. The molecule has 0 heterocycles. The number of Topliss-reactive ketones (excluding diaryl/α,β-unsaturated/α-hetero) is 1. The Morgan fingerprint density at radius 1 is 1.00 bits per heavy atom. The summed E-state index contributed by atoms with van der Waals surface area (Å²) < 4.78 is 0. The maximum absolute atomic E-state index is 12.3. The smallest absolute Gasteiger partial charge is 0.176 e. The lowest BCUT2D eigenvalue weighted by Crippen LogP contribution is -2.59. The minimum absolute atomic E-state index is 0.237. The van der Waals surface area contributed by atoms with Crippen molar-refractivity contribution in [2.75, 3.05) is 6.54 Å². The average molecular weight is 269 g/mol. The first kappa shape index (κ1) is 12.6. The Morgan fingerprint density at radius 3 is 2.10 bits per heavy atom. The summed E-state index contributed by atoms with van der Waals surface area (Å²) in [7, 11) is 0. The number of carbonyl (C=O) groups is 1. The van der Waals surface area contributed by atoms with Crippen LogP contribution in [-0.2, 0) is 0 Å². The third-order valence-corrected chi connectivity index (χ3v) is 5.76. The number of hydrogen-bond acceptors (Lipinski definition) is 2. The van der Waals surface area contributed by atoms with Gasteiger partial charge in [-0.2, -0.15) is 0 Å². The predicted octanol–water partition coefficient (Wildman–Crippen LogP) is 3.43. The number of ketones is 1. The summed E-state index contributed by atoms with van der Waals surface area (Å²) in [4.78, 5) is 12.3. The fraction of sp³-hybridized carbons (Fsp3) is 0.611. The monoisotopic (exact) mass is 269 g/mol. The molecule has 0 aromatic heterocycles. The molecule has 5 rings (SSSR count). The molecule has 1 N–H and O–H groups in total. The number of hydrogen-bond donors (Lipinski definition) is 1. The van der Waals surface area contributed by atoms with Crippen molar-refractivity contribution >= 4 is 5.78 Å². The van der Waals surface area contributed by atoms with Crippen LogP contribution in [0.4, 0.5) is 0 Å². The lowest BCUT2D eigenvalue weighted by molar-refractivity contribution is -0.0186. The van der Waals surface area contributed by atoms with E-state index in [1.54, 1.807) is 0 Å². The van der Waals surface area contributed by atoms with Crippen LogP contribution in [0.2, 0.25) is 0 Å². The minimum Gasteiger partial charge on any atom is -0.304 e. The summed E-state index contributed by atoms with van der Waals surface area (Å²) in [5.74, 6) is 3.03. The molecule has 4 aliphatic rings. The zero-order valence-corrected chi connectivity index (χ0v) is 12.0. The molecule has 2 heteroatoms. The highest BCUT2D eigenvalue weighted by Crippen LogP contribution is 2.55. The molecule has 0 amide bonds. The second-order valence-corrected chi connectivity index (χ2v) is 7.34. The quantitative estimate of drug-likeness (QED) is 0.849. The molecule has 1 aromatic rings. The summed E-state index contributed by atoms with van der Waals surface area (Å²) in [6, 6.07) is 9.69. The molecule has 1 aromatic carbocycles. The second-order valence-electron chi connectivity index (χ2n) is 7.34. The average Bonchev–Trinajstić information content (AvgIpc) is 2.44. The van der Waals surface area contributed by atoms with Crippen molar-refractivity contribution in [3.8, 4) is 0 Å². The van der Waals surface area contributed by atoms with Crippen LogP contribution in [0.5, 0.6) is 0 Å². The first-order chi connectivity index (χ1) is 9.72. The van der Waals surface area contributed by atoms with Crippen molar-refractivity contribution < 1.29 is 4.79 Å². The van der Waals surface area contributed by atoms with Crippen molar-refractivity contribution in [2.45, 2.75) is 44.1 Å². The lowest BCUT2D eigenvalue weighted by Gasteiger charge is -2.57. The molecule has 4 fully saturated rings. The summed E-state index contributed by atoms with van der Waals surface area (Å²) in [6.45, 7) is 0.510. The SMILES string of the molecule is O=C(CNC12CC3CC(CC(C3)C1)C2)c1ccccc1. The van der Waals surface area contributed by atoms with E-state index in [1.807, 2.05) is 30.3 Å². The summed E-state index contributed by atoms with van der Waals surface area (Å²) in [6.07, 6.45) is 8.28. The van der Waals surface area contributed by atoms with Gasteiger partial charge in [0, 0.05) is 11.1 Å². The van der Waals surface area contributed by atoms with Crippen LogP contribution in [0.25, 0.3) is 0 Å². The second kappa shape index (κ2) is 4.70. The van der Waals surface area contributed by atoms with Gasteiger partial charge in [-0.05, 0) is 56.3 Å². The Hall–Kier alpha value is -1.15. The molecular weight excluding hydrogens is 246 g/mol. The molecule has 4 bridgehead atoms. The van der Waals surface area contributed by atoms with Crippen molar-refractivity contribution in [3.05, 3.63) is 35.9 Å². The van der Waals surface area contributed by atoms with Crippen molar-refractivity contribution in [3.63, 3.8) is 0 Å². The van der Waals surface area contributed by atoms with Gasteiger partial charge in [0.1, 0.15) is 0 Å². The molecule has 2 nitrogen and oxygen atoms in total. The van der Waals surface area contributed by atoms with Crippen LogP contribution in [0.1, 0.15) is 48.9 Å². The molecule has 0 aliphatic heterocycles. The maximum atomic E-state index is 12.3. The Bertz CT molecular complexity index is 472. The normalized spacial score (nSPS) is 38.1. The van der Waals surface area contributed by atoms with Gasteiger partial charge in [-0.3, -0.25) is 4.79 Å². The van der Waals surface area contributed by atoms with Crippen LogP contribution in [0, 0.1) is 17.8 Å². The van der Waals surface area contributed by atoms with Gasteiger partial charge < -0.3 is 5.32 Å². The van der Waals surface area contributed by atoms with E-state index in [0.717, 1.165) is 23.3 Å². The minimum atomic E-state index is 0.237. The molecule has 20 heavy (non-hydrogen) atoms. The standard InChI is InChI=1S/C18H23NO/c20-17(16-4-2-1-3-5-16)12-19-18-9-13-6-14(10-18)8-15(7-13)11-18/h1-5,13-15,19H,6-12H2. The summed E-state index contributed by atoms with van der Waals surface area (Å²) in [5, 5.41) is 3.68. The Morgan fingerprint density at radius 2 is 1.55 bits per heavy atom. The van der Waals surface area contributed by atoms with Gasteiger partial charge >= 0.3 is 0 Å². The first-order valence-electron chi connectivity index (χ1n) is 8.06. The largest absolute Gasteiger partial charge is 0.304 e. The van der Waals surface area contributed by atoms with Crippen LogP contribution in [0.15, 0.2) is 30.3 Å². The van der Waals surface area contributed by atoms with Crippen LogP contribution in [-0.4, -0.2) is 17.9 Å². The molecule has 0 spiro atoms. The van der Waals surface area contributed by atoms with E-state index in [-0.39, 0.29) is 5.78 Å². The number of nitrogens with one attached hydrogen (secondary N) is 1. The molecule has 106 valence electrons. The van der Waals surface area contributed by atoms with Crippen LogP contribution < -0.4 is 5.32 Å². The van der Waals surface area contributed by atoms with Crippen molar-refractivity contribution in [2.24, 2.45) is 17.8 Å². The van der Waals surface area contributed by atoms with Gasteiger partial charge in [-0.1, -0.05) is 30.3 Å². The highest BCUT2D eigenvalue weighted by Gasteiger charge is 2.50. The zero-order chi connectivity index (χ0) is 13.6. The molecule has 4 saturated carbocycles. The van der Waals surface area contributed by atoms with E-state index >= 15 is 0 Å². The van der Waals surface area contributed by atoms with E-state index in [0.29, 0.717) is 12.1 Å². The third kappa shape index (κ3) is 2.20. The van der Waals surface area contributed by atoms with E-state index in [2.05, 4.69) is 5.32 Å². The third-order valence-electron chi connectivity index (χ3n) is 5.76. The summed E-state index contributed by atoms with van der Waals surface area (Å²) in [5.41, 5.74) is 1.13. The Labute approximate surface area is 121 Å². The molecular formula is C18H23NO. The van der Waals surface area contributed by atoms with Gasteiger partial charge in [0.05, 0.1) is 6.54 Å². The van der Waals surface area contributed by atoms with Crippen LogP contribution in [0.3, 0.4) is 0 Å². The Balaban J connectivity index is 1.43. The lowest BCUT2D eigenvalue weighted by atomic mass is 9.53. The topological polar surface area (TPSA) is 29.1 Å². The highest BCUT2D eigenvalue weighted by molar-refractivity contribution is 5.97. The van der Waals surface area contributed by atoms with Gasteiger partial charge in [0.25, 0.3) is 0 Å². The van der Waals surface area contributed by atoms with Gasteiger partial charge in [-0.25, -0.2) is 0 Å². The maximum Gasteiger partial charge on any atom is 0.176 e. The van der Waals surface area contributed by atoms with Crippen LogP contribution >= 0.6 is 0 Å². The molecule has 4 aliphatic carbocycles. The van der Waals surface area contributed by atoms with Crippen molar-refractivity contribution in [1.82, 2.24) is 5.32 Å². The molecule has 0 unspecified atom stereocenters. The Kier molecular flexibility index (Phi) is 2.95. The molecule has 0 radical (unpaired) electrons. The van der Waals surface area contributed by atoms with Gasteiger partial charge in [0.15, 0.2) is 5.78 Å². The van der Waals surface area contributed by atoms with E-state index in [4.69, 9.17) is 0 Å². The number of rotatable bonds is 4. The van der Waals surface area contributed by atoms with E-state index < -0.39 is 0 Å². The molecule has 0 saturated heterocycles.